The molecule has 2 aliphatic heterocycles. The molecule has 23 heavy (non-hydrogen) atoms. The van der Waals surface area contributed by atoms with Crippen molar-refractivity contribution in [3.05, 3.63) is 17.5 Å². The highest BCUT2D eigenvalue weighted by Gasteiger charge is 2.32. The zero-order chi connectivity index (χ0) is 16.6. The van der Waals surface area contributed by atoms with Crippen LogP contribution in [0.25, 0.3) is 0 Å². The van der Waals surface area contributed by atoms with E-state index in [1.54, 1.807) is 0 Å². The molecule has 0 bridgehead atoms. The minimum atomic E-state index is -2.92. The van der Waals surface area contributed by atoms with Gasteiger partial charge in [-0.1, -0.05) is 0 Å². The van der Waals surface area contributed by atoms with Gasteiger partial charge in [0.05, 0.1) is 36.0 Å². The summed E-state index contributed by atoms with van der Waals surface area (Å²) < 4.78 is 25.2. The van der Waals surface area contributed by atoms with Crippen molar-refractivity contribution in [1.82, 2.24) is 19.6 Å². The van der Waals surface area contributed by atoms with Gasteiger partial charge in [-0.05, 0) is 32.9 Å². The highest BCUT2D eigenvalue weighted by Crippen LogP contribution is 2.18. The summed E-state index contributed by atoms with van der Waals surface area (Å²) in [6.45, 7) is 4.37. The Morgan fingerprint density at radius 3 is 2.91 bits per heavy atom. The fourth-order valence-electron chi connectivity index (χ4n) is 3.38. The lowest BCUT2D eigenvalue weighted by Crippen LogP contribution is -2.43. The van der Waals surface area contributed by atoms with Crippen LogP contribution < -0.4 is 0 Å². The van der Waals surface area contributed by atoms with Gasteiger partial charge < -0.3 is 4.90 Å². The van der Waals surface area contributed by atoms with Crippen LogP contribution in [0.1, 0.15) is 24.2 Å². The highest BCUT2D eigenvalue weighted by molar-refractivity contribution is 7.91. The van der Waals surface area contributed by atoms with Gasteiger partial charge >= 0.3 is 0 Å². The third-order valence-electron chi connectivity index (χ3n) is 4.71. The fraction of sp³-hybridized carbons (Fsp3) is 0.733. The van der Waals surface area contributed by atoms with E-state index in [1.807, 2.05) is 34.5 Å². The lowest BCUT2D eigenvalue weighted by atomic mass is 10.2. The van der Waals surface area contributed by atoms with Crippen molar-refractivity contribution >= 4 is 15.7 Å². The highest BCUT2D eigenvalue weighted by atomic mass is 32.2. The Bertz CT molecular complexity index is 698. The summed E-state index contributed by atoms with van der Waals surface area (Å²) in [5.74, 6) is 0.463. The van der Waals surface area contributed by atoms with E-state index in [9.17, 15) is 13.2 Å². The first-order valence-corrected chi connectivity index (χ1v) is 9.88. The molecular formula is C15H24N4O3S. The van der Waals surface area contributed by atoms with Crippen LogP contribution >= 0.6 is 0 Å². The Labute approximate surface area is 137 Å². The van der Waals surface area contributed by atoms with E-state index < -0.39 is 9.84 Å². The Kier molecular flexibility index (Phi) is 4.46. The summed E-state index contributed by atoms with van der Waals surface area (Å²) in [4.78, 5) is 16.4. The van der Waals surface area contributed by atoms with E-state index in [-0.39, 0.29) is 30.0 Å². The molecule has 2 aliphatic rings. The van der Waals surface area contributed by atoms with Gasteiger partial charge in [0.2, 0.25) is 5.91 Å². The molecule has 0 aromatic carbocycles. The van der Waals surface area contributed by atoms with Crippen molar-refractivity contribution in [3.8, 4) is 0 Å². The van der Waals surface area contributed by atoms with Gasteiger partial charge in [0, 0.05) is 19.1 Å². The molecule has 0 unspecified atom stereocenters. The minimum Gasteiger partial charge on any atom is -0.336 e. The fourth-order valence-corrected chi connectivity index (χ4v) is 5.19. The van der Waals surface area contributed by atoms with Crippen LogP contribution in [0, 0.1) is 6.92 Å². The molecule has 1 atom stereocenters. The number of sulfone groups is 1. The summed E-state index contributed by atoms with van der Waals surface area (Å²) in [7, 11) is -1.08. The number of amides is 1. The first-order valence-electron chi connectivity index (χ1n) is 8.06. The van der Waals surface area contributed by atoms with Crippen molar-refractivity contribution in [2.24, 2.45) is 0 Å². The molecule has 3 rings (SSSR count). The van der Waals surface area contributed by atoms with E-state index in [2.05, 4.69) is 5.10 Å². The summed E-state index contributed by atoms with van der Waals surface area (Å²) >= 11 is 0. The third-order valence-corrected chi connectivity index (χ3v) is 6.46. The third kappa shape index (κ3) is 3.74. The normalized spacial score (nSPS) is 23.8. The molecule has 7 nitrogen and oxygen atoms in total. The molecule has 0 aliphatic carbocycles. The molecule has 8 heteroatoms. The summed E-state index contributed by atoms with van der Waals surface area (Å²) in [6, 6.07) is 1.99. The number of carbonyl (C=O) groups is 1. The molecule has 3 heterocycles. The molecule has 1 aromatic heterocycles. The zero-order valence-corrected chi connectivity index (χ0v) is 14.5. The lowest BCUT2D eigenvalue weighted by molar-refractivity contribution is -0.133. The predicted molar refractivity (Wildman–Crippen MR) is 86.7 cm³/mol. The minimum absolute atomic E-state index is 0.0382. The van der Waals surface area contributed by atoms with Crippen LogP contribution in [0.15, 0.2) is 6.07 Å². The maximum atomic E-state index is 12.6. The molecule has 1 aromatic rings. The Morgan fingerprint density at radius 1 is 1.43 bits per heavy atom. The molecule has 0 spiro atoms. The second kappa shape index (κ2) is 6.24. The van der Waals surface area contributed by atoms with E-state index >= 15 is 0 Å². The van der Waals surface area contributed by atoms with Crippen LogP contribution in [0.2, 0.25) is 0 Å². The molecule has 1 amide bonds. The number of likely N-dealkylation sites (N-methyl/N-ethyl adjacent to an activating group) is 1. The Morgan fingerprint density at radius 2 is 2.22 bits per heavy atom. The van der Waals surface area contributed by atoms with Crippen LogP contribution in [-0.4, -0.2) is 71.6 Å². The molecule has 0 saturated carbocycles. The van der Waals surface area contributed by atoms with E-state index in [0.29, 0.717) is 13.0 Å². The number of fused-ring (bicyclic) bond motifs is 1. The van der Waals surface area contributed by atoms with Crippen LogP contribution in [0.4, 0.5) is 0 Å². The summed E-state index contributed by atoms with van der Waals surface area (Å²) in [5.41, 5.74) is 2.04. The van der Waals surface area contributed by atoms with E-state index in [0.717, 1.165) is 30.9 Å². The standard InChI is InChI=1S/C15H24N4O3S/c1-12-8-14-9-18(5-3-6-19(14)16-12)15(20)10-17(2)13-4-7-23(21,22)11-13/h8,13H,3-7,9-11H2,1-2H3/t13-/m1/s1. The molecule has 128 valence electrons. The Hall–Kier alpha value is -1.41. The number of aryl methyl sites for hydroxylation is 2. The lowest BCUT2D eigenvalue weighted by Gasteiger charge is -2.27. The largest absolute Gasteiger partial charge is 0.336 e. The quantitative estimate of drug-likeness (QED) is 0.777. The van der Waals surface area contributed by atoms with Crippen molar-refractivity contribution in [2.75, 3.05) is 31.6 Å². The van der Waals surface area contributed by atoms with Crippen LogP contribution in [0.3, 0.4) is 0 Å². The maximum absolute atomic E-state index is 12.6. The van der Waals surface area contributed by atoms with Crippen molar-refractivity contribution < 1.29 is 13.2 Å². The van der Waals surface area contributed by atoms with Gasteiger partial charge in [0.1, 0.15) is 0 Å². The van der Waals surface area contributed by atoms with Gasteiger partial charge in [-0.15, -0.1) is 0 Å². The van der Waals surface area contributed by atoms with E-state index in [1.165, 1.54) is 0 Å². The number of rotatable bonds is 3. The van der Waals surface area contributed by atoms with Crippen LogP contribution in [0.5, 0.6) is 0 Å². The van der Waals surface area contributed by atoms with Crippen molar-refractivity contribution in [2.45, 2.75) is 38.9 Å². The average molecular weight is 340 g/mol. The molecule has 0 radical (unpaired) electrons. The Balaban J connectivity index is 1.62. The van der Waals surface area contributed by atoms with Crippen LogP contribution in [-0.2, 0) is 27.7 Å². The molecule has 0 N–H and O–H groups in total. The summed E-state index contributed by atoms with van der Waals surface area (Å²) in [5, 5.41) is 4.45. The smallest absolute Gasteiger partial charge is 0.237 e. The first-order chi connectivity index (χ1) is 10.8. The van der Waals surface area contributed by atoms with Crippen molar-refractivity contribution in [3.63, 3.8) is 0 Å². The first kappa shape index (κ1) is 16.4. The number of carbonyl (C=O) groups excluding carboxylic acids is 1. The van der Waals surface area contributed by atoms with E-state index in [4.69, 9.17) is 0 Å². The van der Waals surface area contributed by atoms with Gasteiger partial charge in [-0.3, -0.25) is 14.4 Å². The van der Waals surface area contributed by atoms with Gasteiger partial charge in [0.15, 0.2) is 9.84 Å². The SMILES string of the molecule is Cc1cc2n(n1)CCCN(C(=O)CN(C)[C@@H]1CCS(=O)(=O)C1)C2. The van der Waals surface area contributed by atoms with Crippen molar-refractivity contribution in [1.29, 1.82) is 0 Å². The second-order valence-electron chi connectivity index (χ2n) is 6.64. The van der Waals surface area contributed by atoms with Gasteiger partial charge in [-0.2, -0.15) is 5.10 Å². The monoisotopic (exact) mass is 340 g/mol. The number of nitrogens with zero attached hydrogens (tertiary/aromatic N) is 4. The van der Waals surface area contributed by atoms with Gasteiger partial charge in [-0.25, -0.2) is 8.42 Å². The molecular weight excluding hydrogens is 316 g/mol. The average Bonchev–Trinajstić information content (AvgIpc) is 2.94. The number of hydrogen-bond donors (Lipinski definition) is 0. The second-order valence-corrected chi connectivity index (χ2v) is 8.87. The molecule has 1 saturated heterocycles. The maximum Gasteiger partial charge on any atom is 0.237 e. The topological polar surface area (TPSA) is 75.5 Å². The number of aromatic nitrogens is 2. The zero-order valence-electron chi connectivity index (χ0n) is 13.7. The summed E-state index contributed by atoms with van der Waals surface area (Å²) in [6.07, 6.45) is 1.51. The molecule has 1 fully saturated rings. The number of hydrogen-bond acceptors (Lipinski definition) is 5. The predicted octanol–water partition coefficient (Wildman–Crippen LogP) is 0.0427. The van der Waals surface area contributed by atoms with Gasteiger partial charge in [0.25, 0.3) is 0 Å².